The van der Waals surface area contributed by atoms with E-state index in [1.165, 1.54) is 0 Å². The van der Waals surface area contributed by atoms with E-state index >= 15 is 0 Å². The van der Waals surface area contributed by atoms with Crippen LogP contribution in [-0.4, -0.2) is 64.0 Å². The van der Waals surface area contributed by atoms with Gasteiger partial charge in [-0.1, -0.05) is 26.3 Å². The van der Waals surface area contributed by atoms with Gasteiger partial charge in [0.25, 0.3) is 0 Å². The number of carboxylic acid groups (broad SMARTS) is 1. The molecule has 0 saturated heterocycles. The number of aromatic amines is 1. The van der Waals surface area contributed by atoms with Gasteiger partial charge in [-0.3, -0.25) is 14.4 Å². The van der Waals surface area contributed by atoms with Gasteiger partial charge in [0, 0.05) is 47.8 Å². The minimum absolute atomic E-state index is 0.00389. The molecule has 0 aliphatic heterocycles. The largest absolute Gasteiger partial charge is 0.496 e. The van der Waals surface area contributed by atoms with Crippen molar-refractivity contribution < 1.29 is 24.2 Å². The number of ether oxygens (including phenoxy) is 1. The molecule has 46 heavy (non-hydrogen) atoms. The maximum Gasteiger partial charge on any atom is 0.329 e. The van der Waals surface area contributed by atoms with Crippen LogP contribution in [-0.2, 0) is 14.4 Å². The molecule has 2 saturated carbocycles. The Bertz CT molecular complexity index is 1640. The van der Waals surface area contributed by atoms with E-state index in [9.17, 15) is 24.3 Å². The summed E-state index contributed by atoms with van der Waals surface area (Å²) in [5, 5.41) is 15.4. The number of pyridine rings is 1. The third-order valence-corrected chi connectivity index (χ3v) is 9.89. The normalized spacial score (nSPS) is 18.0. The lowest BCUT2D eigenvalue weighted by Gasteiger charge is -2.25. The van der Waals surface area contributed by atoms with Crippen molar-refractivity contribution in [3.8, 4) is 16.5 Å². The molecular formula is C35H46N4O6S. The first-order valence-electron chi connectivity index (χ1n) is 16.0. The van der Waals surface area contributed by atoms with Crippen LogP contribution in [0.3, 0.4) is 0 Å². The van der Waals surface area contributed by atoms with Crippen molar-refractivity contribution in [1.29, 1.82) is 0 Å². The van der Waals surface area contributed by atoms with E-state index in [2.05, 4.69) is 35.7 Å². The van der Waals surface area contributed by atoms with Crippen LogP contribution in [0.15, 0.2) is 41.0 Å². The monoisotopic (exact) mass is 650 g/mol. The number of hydrogen-bond donors (Lipinski definition) is 3. The number of H-pyrrole nitrogens is 1. The fourth-order valence-corrected chi connectivity index (χ4v) is 6.85. The second-order valence-electron chi connectivity index (χ2n) is 12.7. The number of amides is 2. The van der Waals surface area contributed by atoms with Crippen LogP contribution in [0, 0.1) is 18.8 Å². The maximum absolute atomic E-state index is 12.6. The first kappa shape index (κ1) is 34.9. The van der Waals surface area contributed by atoms with E-state index in [4.69, 9.17) is 4.74 Å². The van der Waals surface area contributed by atoms with E-state index in [1.807, 2.05) is 24.4 Å². The fraction of sp³-hybridized carbons (Fsp3) is 0.514. The Morgan fingerprint density at radius 1 is 1.24 bits per heavy atom. The number of allylic oxidation sites excluding steroid dienone is 1. The van der Waals surface area contributed by atoms with Crippen LogP contribution in [0.5, 0.6) is 5.75 Å². The number of methoxy groups -OCH3 is 1. The topological polar surface area (TPSA) is 142 Å². The summed E-state index contributed by atoms with van der Waals surface area (Å²) >= 11 is 1.55. The number of carbonyl (C=O) groups excluding carboxylic acids is 2. The zero-order valence-corrected chi connectivity index (χ0v) is 28.3. The van der Waals surface area contributed by atoms with E-state index < -0.39 is 17.4 Å². The van der Waals surface area contributed by atoms with Crippen LogP contribution in [0.4, 0.5) is 0 Å². The van der Waals surface area contributed by atoms with Gasteiger partial charge in [0.1, 0.15) is 16.3 Å². The van der Waals surface area contributed by atoms with Gasteiger partial charge in [0.05, 0.1) is 24.0 Å². The predicted octanol–water partition coefficient (Wildman–Crippen LogP) is 6.04. The molecule has 2 aliphatic carbocycles. The lowest BCUT2D eigenvalue weighted by Crippen LogP contribution is -2.48. The maximum atomic E-state index is 12.6. The summed E-state index contributed by atoms with van der Waals surface area (Å²) in [6, 6.07) is 5.25. The Hall–Kier alpha value is -3.99. The number of aliphatic carboxylic acids is 1. The number of rotatable bonds is 12. The summed E-state index contributed by atoms with van der Waals surface area (Å²) in [5.41, 5.74) is 2.46. The van der Waals surface area contributed by atoms with Gasteiger partial charge in [-0.2, -0.15) is 0 Å². The molecule has 10 nitrogen and oxygen atoms in total. The van der Waals surface area contributed by atoms with Crippen molar-refractivity contribution in [2.45, 2.75) is 83.6 Å². The molecule has 1 aromatic carbocycles. The minimum atomic E-state index is -1.08. The van der Waals surface area contributed by atoms with Crippen molar-refractivity contribution in [3.63, 3.8) is 0 Å². The molecule has 248 valence electrons. The van der Waals surface area contributed by atoms with E-state index in [0.717, 1.165) is 58.9 Å². The Kier molecular flexibility index (Phi) is 11.4. The molecule has 2 fully saturated rings. The molecule has 2 aromatic heterocycles. The zero-order chi connectivity index (χ0) is 33.6. The molecule has 0 bridgehead atoms. The summed E-state index contributed by atoms with van der Waals surface area (Å²) in [4.78, 5) is 58.4. The Labute approximate surface area is 274 Å². The van der Waals surface area contributed by atoms with Crippen molar-refractivity contribution >= 4 is 40.0 Å². The smallest absolute Gasteiger partial charge is 0.329 e. The molecule has 11 heteroatoms. The molecule has 3 aromatic rings. The average molecular weight is 651 g/mol. The lowest BCUT2D eigenvalue weighted by atomic mass is 9.93. The highest BCUT2D eigenvalue weighted by molar-refractivity contribution is 7.13. The quantitative estimate of drug-likeness (QED) is 0.160. The Morgan fingerprint density at radius 2 is 1.96 bits per heavy atom. The summed E-state index contributed by atoms with van der Waals surface area (Å²) in [7, 11) is 3.41. The van der Waals surface area contributed by atoms with Gasteiger partial charge < -0.3 is 25.0 Å². The number of fused-ring (bicyclic) bond motifs is 1. The number of aryl methyl sites for hydroxylation is 1. The molecule has 1 unspecified atom stereocenters. The van der Waals surface area contributed by atoms with Gasteiger partial charge in [0.15, 0.2) is 5.43 Å². The molecule has 2 amide bonds. The number of nitrogens with zero attached hydrogens (tertiary/aromatic N) is 2. The van der Waals surface area contributed by atoms with Crippen molar-refractivity contribution in [1.82, 2.24) is 20.2 Å². The van der Waals surface area contributed by atoms with Crippen molar-refractivity contribution in [2.75, 3.05) is 20.7 Å². The van der Waals surface area contributed by atoms with Crippen LogP contribution in [0.1, 0.15) is 82.4 Å². The van der Waals surface area contributed by atoms with Crippen molar-refractivity contribution in [3.05, 3.63) is 57.7 Å². The predicted molar refractivity (Wildman–Crippen MR) is 181 cm³/mol. The lowest BCUT2D eigenvalue weighted by molar-refractivity contribution is -0.145. The number of aromatic nitrogens is 2. The zero-order valence-electron chi connectivity index (χ0n) is 27.5. The van der Waals surface area contributed by atoms with Gasteiger partial charge in [-0.25, -0.2) is 9.78 Å². The summed E-state index contributed by atoms with van der Waals surface area (Å²) in [6.07, 6.45) is 7.86. The second-order valence-corrected chi connectivity index (χ2v) is 13.5. The van der Waals surface area contributed by atoms with Gasteiger partial charge in [-0.15, -0.1) is 17.9 Å². The number of nitrogens with one attached hydrogen (secondary N) is 2. The van der Waals surface area contributed by atoms with Crippen LogP contribution in [0.25, 0.3) is 21.6 Å². The summed E-state index contributed by atoms with van der Waals surface area (Å²) in [5.74, 6) is -0.821. The Morgan fingerprint density at radius 3 is 2.57 bits per heavy atom. The highest BCUT2D eigenvalue weighted by Gasteiger charge is 2.53. The number of hydrogen-bond acceptors (Lipinski definition) is 7. The molecule has 0 spiro atoms. The van der Waals surface area contributed by atoms with Gasteiger partial charge in [-0.05, 0) is 69.9 Å². The third-order valence-electron chi connectivity index (χ3n) is 9.00. The third kappa shape index (κ3) is 7.86. The van der Waals surface area contributed by atoms with E-state index in [0.29, 0.717) is 43.5 Å². The summed E-state index contributed by atoms with van der Waals surface area (Å²) < 4.78 is 5.34. The molecule has 3 N–H and O–H groups in total. The molecular weight excluding hydrogens is 604 g/mol. The second kappa shape index (κ2) is 15.1. The van der Waals surface area contributed by atoms with E-state index in [-0.39, 0.29) is 23.2 Å². The number of carboxylic acids is 1. The fourth-order valence-electron chi connectivity index (χ4n) is 5.90. The standard InChI is InChI=1S/C18H28N2O4.C17H18N2O2S/c1-3-4-5-6-12-20(2)16(22)14-9-7-8-13(14)15(21)19-18(10-11-18)17(23)24;1-9(2)13-8-22-17(19-13)12-7-14(20)11-5-6-15(21-4)10(3)16(11)18-12/h3,13-14H,1,4-12H2,2H3,(H,19,21)(H,23,24);5-9H,1-4H3,(H,18,20)/t13-,14?;/m1./s1. The molecule has 0 radical (unpaired) electrons. The van der Waals surface area contributed by atoms with E-state index in [1.54, 1.807) is 42.5 Å². The highest BCUT2D eigenvalue weighted by Crippen LogP contribution is 2.39. The van der Waals surface area contributed by atoms with Crippen LogP contribution in [0.2, 0.25) is 0 Å². The number of thiazole rings is 1. The van der Waals surface area contributed by atoms with Gasteiger partial charge >= 0.3 is 5.97 Å². The van der Waals surface area contributed by atoms with Crippen LogP contribution < -0.4 is 15.5 Å². The molecule has 5 rings (SSSR count). The minimum Gasteiger partial charge on any atom is -0.496 e. The average Bonchev–Trinajstić information content (AvgIpc) is 3.41. The molecule has 2 heterocycles. The van der Waals surface area contributed by atoms with Crippen molar-refractivity contribution in [2.24, 2.45) is 11.8 Å². The molecule has 2 atom stereocenters. The highest BCUT2D eigenvalue weighted by atomic mass is 32.1. The Balaban J connectivity index is 0.000000209. The summed E-state index contributed by atoms with van der Waals surface area (Å²) in [6.45, 7) is 10.5. The SMILES string of the molecule is C=CCCCCN(C)C(=O)C1CCC[C@H]1C(=O)NC1(C(=O)O)CC1.COc1ccc2c(=O)cc(-c3nc(C(C)C)cs3)[nH]c2c1C. The molecule has 2 aliphatic rings. The number of carbonyl (C=O) groups is 3. The first-order chi connectivity index (χ1) is 21.9. The number of benzene rings is 1. The van der Waals surface area contributed by atoms with Gasteiger partial charge in [0.2, 0.25) is 11.8 Å². The number of unbranched alkanes of at least 4 members (excludes halogenated alkanes) is 2. The van der Waals surface area contributed by atoms with Crippen LogP contribution >= 0.6 is 11.3 Å². The first-order valence-corrected chi connectivity index (χ1v) is 16.9.